The van der Waals surface area contributed by atoms with Gasteiger partial charge in [-0.05, 0) is 34.9 Å². The van der Waals surface area contributed by atoms with Crippen LogP contribution in [0.5, 0.6) is 17.4 Å². The van der Waals surface area contributed by atoms with Crippen LogP contribution >= 0.6 is 0 Å². The van der Waals surface area contributed by atoms with Gasteiger partial charge in [-0.2, -0.15) is 10.4 Å². The van der Waals surface area contributed by atoms with Crippen LogP contribution in [0.2, 0.25) is 0 Å². The van der Waals surface area contributed by atoms with Crippen LogP contribution in [0.3, 0.4) is 0 Å². The van der Waals surface area contributed by atoms with Crippen molar-refractivity contribution in [2.24, 2.45) is 7.05 Å². The Morgan fingerprint density at radius 3 is 2.57 bits per heavy atom. The Bertz CT molecular complexity index is 1520. The highest BCUT2D eigenvalue weighted by Crippen LogP contribution is 2.35. The van der Waals surface area contributed by atoms with Crippen molar-refractivity contribution in [1.82, 2.24) is 19.7 Å². The fraction of sp³-hybridized carbons (Fsp3) is 0.154. The Labute approximate surface area is 209 Å². The Balaban J connectivity index is 1.34. The fourth-order valence-electron chi connectivity index (χ4n) is 4.06. The van der Waals surface area contributed by atoms with Gasteiger partial charge < -0.3 is 14.4 Å². The van der Waals surface area contributed by atoms with Gasteiger partial charge in [0.15, 0.2) is 0 Å². The number of halogens is 3. The summed E-state index contributed by atoms with van der Waals surface area (Å²) in [6, 6.07) is 14.4. The molecule has 4 aromatic rings. The predicted octanol–water partition coefficient (Wildman–Crippen LogP) is 5.20. The Morgan fingerprint density at radius 2 is 1.89 bits per heavy atom. The van der Waals surface area contributed by atoms with Gasteiger partial charge in [0.1, 0.15) is 23.1 Å². The largest absolute Gasteiger partial charge is 0.573 e. The molecule has 0 atom stereocenters. The summed E-state index contributed by atoms with van der Waals surface area (Å²) in [5.74, 6) is -0.933. The van der Waals surface area contributed by atoms with Gasteiger partial charge in [0.05, 0.1) is 11.8 Å². The van der Waals surface area contributed by atoms with Crippen molar-refractivity contribution in [3.05, 3.63) is 89.4 Å². The lowest BCUT2D eigenvalue weighted by Crippen LogP contribution is -2.23. The molecule has 0 unspecified atom stereocenters. The number of rotatable bonds is 6. The fourth-order valence-corrected chi connectivity index (χ4v) is 4.06. The second kappa shape index (κ2) is 9.31. The number of aromatic nitrogens is 3. The van der Waals surface area contributed by atoms with Crippen LogP contribution in [0.4, 0.5) is 13.2 Å². The Morgan fingerprint density at radius 1 is 1.11 bits per heavy atom. The highest BCUT2D eigenvalue weighted by atomic mass is 19.4. The summed E-state index contributed by atoms with van der Waals surface area (Å²) in [6.45, 7) is 0.689. The smallest absolute Gasteiger partial charge is 0.437 e. The van der Waals surface area contributed by atoms with E-state index in [-0.39, 0.29) is 28.7 Å². The van der Waals surface area contributed by atoms with Gasteiger partial charge in [-0.25, -0.2) is 4.98 Å². The lowest BCUT2D eigenvalue weighted by Gasteiger charge is -2.16. The van der Waals surface area contributed by atoms with Crippen LogP contribution in [0, 0.1) is 11.3 Å². The molecule has 1 amide bonds. The molecule has 1 aliphatic heterocycles. The molecule has 0 spiro atoms. The first-order chi connectivity index (χ1) is 17.7. The van der Waals surface area contributed by atoms with Crippen LogP contribution in [0.15, 0.2) is 67.1 Å². The van der Waals surface area contributed by atoms with Crippen molar-refractivity contribution in [3.63, 3.8) is 0 Å². The molecular weight excluding hydrogens is 487 g/mol. The summed E-state index contributed by atoms with van der Waals surface area (Å²) < 4.78 is 48.9. The molecule has 186 valence electrons. The first kappa shape index (κ1) is 23.9. The average Bonchev–Trinajstić information content (AvgIpc) is 3.43. The van der Waals surface area contributed by atoms with Gasteiger partial charge in [0, 0.05) is 44.2 Å². The normalized spacial score (nSPS) is 12.8. The van der Waals surface area contributed by atoms with Gasteiger partial charge >= 0.3 is 6.36 Å². The molecule has 0 fully saturated rings. The van der Waals surface area contributed by atoms with Crippen LogP contribution in [-0.4, -0.2) is 31.9 Å². The molecule has 3 heterocycles. The summed E-state index contributed by atoms with van der Waals surface area (Å²) in [6.07, 6.45) is 0.268. The lowest BCUT2D eigenvalue weighted by molar-refractivity contribution is -0.274. The standard InChI is InChI=1S/C26H18F3N5O3/c1-33-14-20(12-32-33)17-4-2-16(3-5-17)13-34-15-18-8-9-31-24(23(18)25(34)35)36-22-7-6-21(10-19(22)11-30)37-26(27,28)29/h2-10,12,14H,13,15H2,1H3. The number of hydrogen-bond donors (Lipinski definition) is 0. The third-order valence-electron chi connectivity index (χ3n) is 5.74. The van der Waals surface area contributed by atoms with E-state index in [1.165, 1.54) is 12.3 Å². The molecule has 2 aromatic heterocycles. The van der Waals surface area contributed by atoms with E-state index in [4.69, 9.17) is 4.74 Å². The minimum Gasteiger partial charge on any atom is -0.437 e. The maximum atomic E-state index is 13.3. The number of pyridine rings is 1. The van der Waals surface area contributed by atoms with Crippen LogP contribution < -0.4 is 9.47 Å². The van der Waals surface area contributed by atoms with Crippen molar-refractivity contribution in [2.45, 2.75) is 19.5 Å². The van der Waals surface area contributed by atoms with Gasteiger partial charge in [-0.1, -0.05) is 24.3 Å². The minimum absolute atomic E-state index is 0.0297. The molecule has 0 saturated heterocycles. The zero-order valence-corrected chi connectivity index (χ0v) is 19.4. The highest BCUT2D eigenvalue weighted by Gasteiger charge is 2.33. The Hall–Kier alpha value is -4.85. The SMILES string of the molecule is Cn1cc(-c2ccc(CN3Cc4ccnc(Oc5ccc(OC(F)(F)F)cc5C#N)c4C3=O)cc2)cn1. The van der Waals surface area contributed by atoms with E-state index in [9.17, 15) is 23.2 Å². The van der Waals surface area contributed by atoms with Crippen LogP contribution in [0.25, 0.3) is 11.1 Å². The number of nitriles is 1. The molecule has 2 aromatic carbocycles. The first-order valence-corrected chi connectivity index (χ1v) is 11.0. The molecule has 0 saturated carbocycles. The Kier molecular flexibility index (Phi) is 6.01. The van der Waals surface area contributed by atoms with E-state index in [1.807, 2.05) is 37.5 Å². The third kappa shape index (κ3) is 5.08. The zero-order valence-electron chi connectivity index (χ0n) is 19.4. The number of fused-ring (bicyclic) bond motifs is 1. The quantitative estimate of drug-likeness (QED) is 0.358. The van der Waals surface area contributed by atoms with E-state index >= 15 is 0 Å². The lowest BCUT2D eigenvalue weighted by atomic mass is 10.1. The molecule has 0 N–H and O–H groups in total. The van der Waals surface area contributed by atoms with E-state index in [2.05, 4.69) is 14.8 Å². The number of carbonyl (C=O) groups is 1. The summed E-state index contributed by atoms with van der Waals surface area (Å²) in [7, 11) is 1.85. The topological polar surface area (TPSA) is 93.3 Å². The van der Waals surface area contributed by atoms with Gasteiger partial charge in [-0.3, -0.25) is 9.48 Å². The maximum absolute atomic E-state index is 13.3. The molecule has 11 heteroatoms. The summed E-state index contributed by atoms with van der Waals surface area (Å²) in [5, 5.41) is 13.6. The summed E-state index contributed by atoms with van der Waals surface area (Å²) in [4.78, 5) is 19.0. The monoisotopic (exact) mass is 505 g/mol. The number of amides is 1. The van der Waals surface area contributed by atoms with Crippen molar-refractivity contribution >= 4 is 5.91 Å². The molecular formula is C26H18F3N5O3. The number of ether oxygens (including phenoxy) is 2. The molecule has 5 rings (SSSR count). The molecule has 0 radical (unpaired) electrons. The second-order valence-corrected chi connectivity index (χ2v) is 8.33. The van der Waals surface area contributed by atoms with Gasteiger partial charge in [0.25, 0.3) is 5.91 Å². The van der Waals surface area contributed by atoms with E-state index in [0.29, 0.717) is 18.7 Å². The van der Waals surface area contributed by atoms with E-state index in [1.54, 1.807) is 27.9 Å². The number of alkyl halides is 3. The van der Waals surface area contributed by atoms with E-state index < -0.39 is 12.1 Å². The van der Waals surface area contributed by atoms with Crippen molar-refractivity contribution in [2.75, 3.05) is 0 Å². The molecule has 0 bridgehead atoms. The maximum Gasteiger partial charge on any atom is 0.573 e. The molecule has 0 aliphatic carbocycles. The van der Waals surface area contributed by atoms with Crippen molar-refractivity contribution in [3.8, 4) is 34.6 Å². The molecule has 8 nitrogen and oxygen atoms in total. The number of hydrogen-bond acceptors (Lipinski definition) is 6. The van der Waals surface area contributed by atoms with Gasteiger partial charge in [0.2, 0.25) is 5.88 Å². The summed E-state index contributed by atoms with van der Waals surface area (Å²) >= 11 is 0. The average molecular weight is 505 g/mol. The summed E-state index contributed by atoms with van der Waals surface area (Å²) in [5.41, 5.74) is 3.66. The highest BCUT2D eigenvalue weighted by molar-refractivity contribution is 6.00. The minimum atomic E-state index is -4.90. The molecule has 1 aliphatic rings. The first-order valence-electron chi connectivity index (χ1n) is 11.0. The van der Waals surface area contributed by atoms with Crippen LogP contribution in [0.1, 0.15) is 27.0 Å². The van der Waals surface area contributed by atoms with Crippen molar-refractivity contribution < 1.29 is 27.4 Å². The van der Waals surface area contributed by atoms with Crippen molar-refractivity contribution in [1.29, 1.82) is 5.26 Å². The van der Waals surface area contributed by atoms with E-state index in [0.717, 1.165) is 28.8 Å². The molecule has 37 heavy (non-hydrogen) atoms. The number of benzene rings is 2. The second-order valence-electron chi connectivity index (χ2n) is 8.33. The zero-order chi connectivity index (χ0) is 26.2. The predicted molar refractivity (Wildman–Crippen MR) is 124 cm³/mol. The van der Waals surface area contributed by atoms with Gasteiger partial charge in [-0.15, -0.1) is 13.2 Å². The third-order valence-corrected chi connectivity index (χ3v) is 5.74. The number of carbonyl (C=O) groups excluding carboxylic acids is 1. The number of aryl methyl sites for hydroxylation is 1. The van der Waals surface area contributed by atoms with Crippen LogP contribution in [-0.2, 0) is 20.1 Å². The number of nitrogens with zero attached hydrogens (tertiary/aromatic N) is 5.